The Kier molecular flexibility index (Phi) is 4.64. The molecule has 0 aromatic heterocycles. The van der Waals surface area contributed by atoms with Crippen molar-refractivity contribution < 1.29 is 14.4 Å². The van der Waals surface area contributed by atoms with Crippen LogP contribution >= 0.6 is 23.4 Å². The van der Waals surface area contributed by atoms with Crippen molar-refractivity contribution in [3.05, 3.63) is 28.8 Å². The van der Waals surface area contributed by atoms with Crippen molar-refractivity contribution >= 4 is 46.0 Å². The molecule has 2 atom stereocenters. The minimum atomic E-state index is -0.430. The maximum atomic E-state index is 12.3. The molecule has 2 unspecified atom stereocenters. The van der Waals surface area contributed by atoms with Gasteiger partial charge in [0, 0.05) is 29.4 Å². The van der Waals surface area contributed by atoms with Crippen LogP contribution in [0.15, 0.2) is 18.2 Å². The molecule has 2 saturated heterocycles. The number of amides is 2. The Morgan fingerprint density at radius 3 is 2.83 bits per heavy atom. The number of aryl methyl sites for hydroxylation is 1. The van der Waals surface area contributed by atoms with Crippen LogP contribution in [-0.4, -0.2) is 35.3 Å². The van der Waals surface area contributed by atoms with Gasteiger partial charge in [0.15, 0.2) is 0 Å². The van der Waals surface area contributed by atoms with E-state index in [0.29, 0.717) is 23.7 Å². The fourth-order valence-electron chi connectivity index (χ4n) is 2.80. The van der Waals surface area contributed by atoms with Crippen molar-refractivity contribution in [1.29, 1.82) is 0 Å². The second-order valence-electron chi connectivity index (χ2n) is 5.86. The van der Waals surface area contributed by atoms with Crippen molar-refractivity contribution in [1.82, 2.24) is 5.32 Å². The van der Waals surface area contributed by atoms with Gasteiger partial charge in [0.2, 0.25) is 16.9 Å². The third-order valence-electron chi connectivity index (χ3n) is 4.21. The highest BCUT2D eigenvalue weighted by Gasteiger charge is 2.37. The molecule has 0 aliphatic carbocycles. The van der Waals surface area contributed by atoms with E-state index in [1.807, 2.05) is 19.1 Å². The Balaban J connectivity index is 1.68. The largest absolute Gasteiger partial charge is 0.345 e. The lowest BCUT2D eigenvalue weighted by molar-refractivity contribution is -0.128. The minimum absolute atomic E-state index is 0.00449. The Labute approximate surface area is 143 Å². The number of nitrogens with zero attached hydrogens (tertiary/aromatic N) is 1. The first kappa shape index (κ1) is 16.3. The molecule has 122 valence electrons. The molecule has 1 N–H and O–H groups in total. The average Bonchev–Trinajstić information content (AvgIpc) is 3.09. The number of hydrogen-bond acceptors (Lipinski definition) is 4. The Morgan fingerprint density at radius 2 is 2.17 bits per heavy atom. The number of halogens is 1. The van der Waals surface area contributed by atoms with Gasteiger partial charge in [0.25, 0.3) is 0 Å². The standard InChI is InChI=1S/C16H17ClN2O3S/c1-9-2-3-11(7-12(9)17)19-8-10(6-14(19)20)15(21)18-13-4-5-23-16(13)22/h2-3,7,10,13H,4-6,8H2,1H3,(H,18,21). The molecular formula is C16H17ClN2O3S. The molecule has 2 heterocycles. The number of rotatable bonds is 3. The van der Waals surface area contributed by atoms with Crippen LogP contribution in [0.2, 0.25) is 5.02 Å². The van der Waals surface area contributed by atoms with Crippen LogP contribution < -0.4 is 10.2 Å². The van der Waals surface area contributed by atoms with Crippen molar-refractivity contribution in [2.45, 2.75) is 25.8 Å². The van der Waals surface area contributed by atoms with Gasteiger partial charge < -0.3 is 10.2 Å². The van der Waals surface area contributed by atoms with Crippen molar-refractivity contribution in [3.8, 4) is 0 Å². The molecular weight excluding hydrogens is 336 g/mol. The molecule has 3 rings (SSSR count). The van der Waals surface area contributed by atoms with E-state index in [4.69, 9.17) is 11.6 Å². The number of anilines is 1. The predicted octanol–water partition coefficient (Wildman–Crippen LogP) is 2.15. The highest BCUT2D eigenvalue weighted by molar-refractivity contribution is 8.14. The summed E-state index contributed by atoms with van der Waals surface area (Å²) in [7, 11) is 0. The highest BCUT2D eigenvalue weighted by Crippen LogP contribution is 2.29. The van der Waals surface area contributed by atoms with Crippen LogP contribution in [0, 0.1) is 12.8 Å². The van der Waals surface area contributed by atoms with Crippen LogP contribution in [0.3, 0.4) is 0 Å². The van der Waals surface area contributed by atoms with E-state index in [0.717, 1.165) is 11.3 Å². The summed E-state index contributed by atoms with van der Waals surface area (Å²) in [5.41, 5.74) is 1.64. The van der Waals surface area contributed by atoms with Gasteiger partial charge in [0.1, 0.15) is 0 Å². The zero-order valence-electron chi connectivity index (χ0n) is 12.7. The lowest BCUT2D eigenvalue weighted by atomic mass is 10.1. The normalized spacial score (nSPS) is 24.3. The van der Waals surface area contributed by atoms with Gasteiger partial charge in [-0.05, 0) is 31.0 Å². The quantitative estimate of drug-likeness (QED) is 0.905. The summed E-state index contributed by atoms with van der Waals surface area (Å²) in [4.78, 5) is 37.7. The zero-order valence-corrected chi connectivity index (χ0v) is 14.2. The first-order valence-electron chi connectivity index (χ1n) is 7.49. The van der Waals surface area contributed by atoms with E-state index in [1.165, 1.54) is 11.8 Å². The van der Waals surface area contributed by atoms with Crippen LogP contribution in [0.1, 0.15) is 18.4 Å². The number of nitrogens with one attached hydrogen (secondary N) is 1. The van der Waals surface area contributed by atoms with Crippen molar-refractivity contribution in [2.24, 2.45) is 5.92 Å². The molecule has 2 fully saturated rings. The number of hydrogen-bond donors (Lipinski definition) is 1. The predicted molar refractivity (Wildman–Crippen MR) is 90.7 cm³/mol. The molecule has 23 heavy (non-hydrogen) atoms. The van der Waals surface area contributed by atoms with Gasteiger partial charge in [-0.2, -0.15) is 0 Å². The Bertz CT molecular complexity index is 679. The zero-order chi connectivity index (χ0) is 16.6. The van der Waals surface area contributed by atoms with Gasteiger partial charge in [-0.25, -0.2) is 0 Å². The molecule has 1 aromatic rings. The molecule has 0 bridgehead atoms. The van der Waals surface area contributed by atoms with Crippen molar-refractivity contribution in [3.63, 3.8) is 0 Å². The first-order chi connectivity index (χ1) is 11.0. The highest BCUT2D eigenvalue weighted by atomic mass is 35.5. The first-order valence-corrected chi connectivity index (χ1v) is 8.85. The van der Waals surface area contributed by atoms with Crippen LogP contribution in [0.25, 0.3) is 0 Å². The third kappa shape index (κ3) is 3.38. The van der Waals surface area contributed by atoms with E-state index in [2.05, 4.69) is 5.32 Å². The van der Waals surface area contributed by atoms with E-state index in [1.54, 1.807) is 11.0 Å². The summed E-state index contributed by atoms with van der Waals surface area (Å²) in [5.74, 6) is -0.0143. The second-order valence-corrected chi connectivity index (χ2v) is 7.36. The smallest absolute Gasteiger partial charge is 0.227 e. The second kappa shape index (κ2) is 6.53. The topological polar surface area (TPSA) is 66.5 Å². The molecule has 2 aliphatic heterocycles. The molecule has 7 heteroatoms. The summed E-state index contributed by atoms with van der Waals surface area (Å²) in [6, 6.07) is 5.01. The molecule has 5 nitrogen and oxygen atoms in total. The van der Waals surface area contributed by atoms with Crippen LogP contribution in [0.5, 0.6) is 0 Å². The van der Waals surface area contributed by atoms with Gasteiger partial charge in [0.05, 0.1) is 12.0 Å². The molecule has 0 saturated carbocycles. The number of benzene rings is 1. The number of carbonyl (C=O) groups is 3. The van der Waals surface area contributed by atoms with Gasteiger partial charge in [-0.15, -0.1) is 0 Å². The van der Waals surface area contributed by atoms with Crippen LogP contribution in [-0.2, 0) is 14.4 Å². The molecule has 2 aliphatic rings. The summed E-state index contributed by atoms with van der Waals surface area (Å²) in [6.45, 7) is 2.21. The summed E-state index contributed by atoms with van der Waals surface area (Å²) >= 11 is 7.36. The maximum absolute atomic E-state index is 12.3. The number of carbonyl (C=O) groups excluding carboxylic acids is 3. The van der Waals surface area contributed by atoms with Crippen molar-refractivity contribution in [2.75, 3.05) is 17.2 Å². The van der Waals surface area contributed by atoms with Gasteiger partial charge >= 0.3 is 0 Å². The fraction of sp³-hybridized carbons (Fsp3) is 0.438. The Hall–Kier alpha value is -1.53. The Morgan fingerprint density at radius 1 is 1.39 bits per heavy atom. The molecule has 2 amide bonds. The maximum Gasteiger partial charge on any atom is 0.227 e. The van der Waals surface area contributed by atoms with E-state index in [9.17, 15) is 14.4 Å². The minimum Gasteiger partial charge on any atom is -0.345 e. The number of thioether (sulfide) groups is 1. The summed E-state index contributed by atoms with van der Waals surface area (Å²) in [5, 5.41) is 3.37. The third-order valence-corrected chi connectivity index (χ3v) is 5.63. The monoisotopic (exact) mass is 352 g/mol. The fourth-order valence-corrected chi connectivity index (χ4v) is 3.91. The molecule has 0 spiro atoms. The molecule has 0 radical (unpaired) electrons. The van der Waals surface area contributed by atoms with Crippen LogP contribution in [0.4, 0.5) is 5.69 Å². The SMILES string of the molecule is Cc1ccc(N2CC(C(=O)NC3CCSC3=O)CC2=O)cc1Cl. The van der Waals surface area contributed by atoms with Gasteiger partial charge in [-0.1, -0.05) is 29.4 Å². The average molecular weight is 353 g/mol. The van der Waals surface area contributed by atoms with E-state index in [-0.39, 0.29) is 23.4 Å². The lowest BCUT2D eigenvalue weighted by Gasteiger charge is -2.18. The summed E-state index contributed by atoms with van der Waals surface area (Å²) in [6.07, 6.45) is 0.818. The lowest BCUT2D eigenvalue weighted by Crippen LogP contribution is -2.41. The van der Waals surface area contributed by atoms with E-state index >= 15 is 0 Å². The van der Waals surface area contributed by atoms with E-state index < -0.39 is 12.0 Å². The van der Waals surface area contributed by atoms with Gasteiger partial charge in [-0.3, -0.25) is 14.4 Å². The molecule has 1 aromatic carbocycles. The summed E-state index contributed by atoms with van der Waals surface area (Å²) < 4.78 is 0.